The summed E-state index contributed by atoms with van der Waals surface area (Å²) in [5.74, 6) is 1.87. The Morgan fingerprint density at radius 2 is 1.49 bits per heavy atom. The molecule has 206 valence electrons. The highest BCUT2D eigenvalue weighted by atomic mass is 16.5. The summed E-state index contributed by atoms with van der Waals surface area (Å²) in [6.07, 6.45) is 9.00. The van der Waals surface area contributed by atoms with Crippen LogP contribution in [0.2, 0.25) is 0 Å². The van der Waals surface area contributed by atoms with Gasteiger partial charge in [-0.2, -0.15) is 0 Å². The molecule has 0 radical (unpaired) electrons. The molecular formula is C28H55N3O4. The first-order chi connectivity index (χ1) is 16.8. The molecule has 0 spiro atoms. The van der Waals surface area contributed by atoms with E-state index in [9.17, 15) is 5.11 Å². The molecule has 3 aliphatic rings. The molecule has 7 nitrogen and oxygen atoms in total. The fourth-order valence-electron chi connectivity index (χ4n) is 7.76. The molecule has 4 unspecified atom stereocenters. The van der Waals surface area contributed by atoms with Crippen LogP contribution >= 0.6 is 0 Å². The smallest absolute Gasteiger partial charge is 0.0659 e. The molecular weight excluding hydrogens is 442 g/mol. The molecule has 35 heavy (non-hydrogen) atoms. The molecule has 0 aliphatic heterocycles. The van der Waals surface area contributed by atoms with Crippen LogP contribution in [0.5, 0.6) is 0 Å². The summed E-state index contributed by atoms with van der Waals surface area (Å²) in [5, 5.41) is 11.2. The molecule has 0 bridgehead atoms. The van der Waals surface area contributed by atoms with Gasteiger partial charge in [0, 0.05) is 31.8 Å². The van der Waals surface area contributed by atoms with Crippen molar-refractivity contribution in [2.45, 2.75) is 96.9 Å². The fraction of sp³-hybridized carbons (Fsp3) is 1.00. The fourth-order valence-corrected chi connectivity index (χ4v) is 7.76. The van der Waals surface area contributed by atoms with Crippen molar-refractivity contribution in [3.8, 4) is 0 Å². The molecule has 0 aromatic heterocycles. The Kier molecular flexibility index (Phi) is 11.3. The highest BCUT2D eigenvalue weighted by Gasteiger charge is 2.62. The van der Waals surface area contributed by atoms with Crippen LogP contribution in [0.15, 0.2) is 0 Å². The zero-order valence-electron chi connectivity index (χ0n) is 22.8. The van der Waals surface area contributed by atoms with E-state index >= 15 is 0 Å². The summed E-state index contributed by atoms with van der Waals surface area (Å²) in [6.45, 7) is 12.1. The molecule has 3 rings (SSSR count). The predicted octanol–water partition coefficient (Wildman–Crippen LogP) is 3.06. The lowest BCUT2D eigenvalue weighted by Gasteiger charge is -2.59. The van der Waals surface area contributed by atoms with Gasteiger partial charge in [-0.25, -0.2) is 0 Å². The summed E-state index contributed by atoms with van der Waals surface area (Å²) in [6, 6.07) is 0. The maximum atomic E-state index is 11.2. The molecule has 7 heteroatoms. The second-order valence-corrected chi connectivity index (χ2v) is 12.1. The van der Waals surface area contributed by atoms with Crippen molar-refractivity contribution in [3.05, 3.63) is 0 Å². The Balaban J connectivity index is 1.82. The Labute approximate surface area is 214 Å². The standard InChI is InChI=1S/C28H55N3O4/c1-20-17-21(34-15-5-12-30)9-10-27(20,2)24-18-26(35-16-6-13-31)28(3)23(7-8-25(28)32)22(24)19-33-14-4-11-29/h20-26,32H,4-19,29-31H2,1-3H3/t20?,21-,22?,23+,24+,25?,26+,27+,28?/m1/s1. The molecule has 3 saturated carbocycles. The van der Waals surface area contributed by atoms with Gasteiger partial charge >= 0.3 is 0 Å². The summed E-state index contributed by atoms with van der Waals surface area (Å²) >= 11 is 0. The summed E-state index contributed by atoms with van der Waals surface area (Å²) in [5.41, 5.74) is 17.1. The van der Waals surface area contributed by atoms with Gasteiger partial charge in [0.15, 0.2) is 0 Å². The van der Waals surface area contributed by atoms with Crippen molar-refractivity contribution in [1.82, 2.24) is 0 Å². The molecule has 0 aromatic carbocycles. The summed E-state index contributed by atoms with van der Waals surface area (Å²) < 4.78 is 19.0. The number of aliphatic hydroxyl groups excluding tert-OH is 1. The number of nitrogens with two attached hydrogens (primary N) is 3. The topological polar surface area (TPSA) is 126 Å². The highest BCUT2D eigenvalue weighted by molar-refractivity contribution is 5.11. The van der Waals surface area contributed by atoms with Crippen LogP contribution in [0.1, 0.15) is 78.6 Å². The number of hydrogen-bond donors (Lipinski definition) is 4. The quantitative estimate of drug-likeness (QED) is 0.272. The van der Waals surface area contributed by atoms with Gasteiger partial charge in [-0.05, 0) is 107 Å². The maximum absolute atomic E-state index is 11.2. The lowest BCUT2D eigenvalue weighted by Crippen LogP contribution is -2.58. The van der Waals surface area contributed by atoms with Gasteiger partial charge in [0.1, 0.15) is 0 Å². The van der Waals surface area contributed by atoms with Gasteiger partial charge < -0.3 is 36.5 Å². The van der Waals surface area contributed by atoms with E-state index < -0.39 is 0 Å². The predicted molar refractivity (Wildman–Crippen MR) is 141 cm³/mol. The van der Waals surface area contributed by atoms with E-state index in [1.807, 2.05) is 0 Å². The number of ether oxygens (including phenoxy) is 3. The van der Waals surface area contributed by atoms with Crippen LogP contribution in [0.4, 0.5) is 0 Å². The average molecular weight is 498 g/mol. The first kappa shape index (κ1) is 29.3. The third-order valence-electron chi connectivity index (χ3n) is 10.2. The minimum Gasteiger partial charge on any atom is -0.392 e. The van der Waals surface area contributed by atoms with E-state index in [-0.39, 0.29) is 23.0 Å². The minimum absolute atomic E-state index is 0.0596. The molecule has 0 amide bonds. The monoisotopic (exact) mass is 497 g/mol. The molecule has 9 atom stereocenters. The largest absolute Gasteiger partial charge is 0.392 e. The van der Waals surface area contributed by atoms with E-state index in [2.05, 4.69) is 20.8 Å². The van der Waals surface area contributed by atoms with Gasteiger partial charge in [0.25, 0.3) is 0 Å². The average Bonchev–Trinajstić information content (AvgIpc) is 3.15. The van der Waals surface area contributed by atoms with Crippen molar-refractivity contribution in [3.63, 3.8) is 0 Å². The molecule has 0 heterocycles. The van der Waals surface area contributed by atoms with Crippen molar-refractivity contribution in [1.29, 1.82) is 0 Å². The van der Waals surface area contributed by atoms with Crippen LogP contribution in [-0.4, -0.2) is 69.5 Å². The van der Waals surface area contributed by atoms with E-state index in [0.29, 0.717) is 62.6 Å². The van der Waals surface area contributed by atoms with E-state index in [1.165, 1.54) is 0 Å². The Morgan fingerprint density at radius 1 is 0.829 bits per heavy atom. The number of hydrogen-bond acceptors (Lipinski definition) is 7. The van der Waals surface area contributed by atoms with Gasteiger partial charge in [-0.15, -0.1) is 0 Å². The second-order valence-electron chi connectivity index (χ2n) is 12.1. The van der Waals surface area contributed by atoms with Gasteiger partial charge in [0.05, 0.1) is 18.3 Å². The first-order valence-corrected chi connectivity index (χ1v) is 14.4. The SMILES string of the molecule is CC1C[C@H](OCCCN)CC[C@]1(C)[C@H]1C[C@H](OCCCN)C2(C)C(O)CC[C@H]2C1COCCCN. The number of aliphatic hydroxyl groups is 1. The maximum Gasteiger partial charge on any atom is 0.0659 e. The van der Waals surface area contributed by atoms with Crippen LogP contribution in [0, 0.1) is 34.5 Å². The van der Waals surface area contributed by atoms with Crippen LogP contribution in [0.3, 0.4) is 0 Å². The zero-order valence-corrected chi connectivity index (χ0v) is 22.8. The number of rotatable bonds is 14. The van der Waals surface area contributed by atoms with Crippen LogP contribution in [0.25, 0.3) is 0 Å². The lowest BCUT2D eigenvalue weighted by atomic mass is 9.49. The zero-order chi connectivity index (χ0) is 25.5. The first-order valence-electron chi connectivity index (χ1n) is 14.4. The van der Waals surface area contributed by atoms with Crippen molar-refractivity contribution in [2.24, 2.45) is 51.7 Å². The van der Waals surface area contributed by atoms with Crippen molar-refractivity contribution < 1.29 is 19.3 Å². The van der Waals surface area contributed by atoms with Crippen molar-refractivity contribution >= 4 is 0 Å². The third kappa shape index (κ3) is 6.42. The molecule has 0 saturated heterocycles. The highest BCUT2D eigenvalue weighted by Crippen LogP contribution is 2.63. The summed E-state index contributed by atoms with van der Waals surface area (Å²) in [7, 11) is 0. The molecule has 3 fully saturated rings. The van der Waals surface area contributed by atoms with Crippen molar-refractivity contribution in [2.75, 3.05) is 46.1 Å². The third-order valence-corrected chi connectivity index (χ3v) is 10.2. The Bertz CT molecular complexity index is 625. The lowest BCUT2D eigenvalue weighted by molar-refractivity contribution is -0.189. The van der Waals surface area contributed by atoms with E-state index in [0.717, 1.165) is 71.0 Å². The normalized spacial score (nSPS) is 41.7. The summed E-state index contributed by atoms with van der Waals surface area (Å²) in [4.78, 5) is 0. The second kappa shape index (κ2) is 13.5. The Hall–Kier alpha value is -0.280. The number of fused-ring (bicyclic) bond motifs is 1. The molecule has 0 aromatic rings. The van der Waals surface area contributed by atoms with Gasteiger partial charge in [-0.3, -0.25) is 0 Å². The van der Waals surface area contributed by atoms with Crippen LogP contribution in [-0.2, 0) is 14.2 Å². The Morgan fingerprint density at radius 3 is 2.14 bits per heavy atom. The molecule has 7 N–H and O–H groups in total. The van der Waals surface area contributed by atoms with Gasteiger partial charge in [0.2, 0.25) is 0 Å². The van der Waals surface area contributed by atoms with Crippen LogP contribution < -0.4 is 17.2 Å². The van der Waals surface area contributed by atoms with E-state index in [1.54, 1.807) is 0 Å². The minimum atomic E-state index is -0.320. The molecule has 3 aliphatic carbocycles. The van der Waals surface area contributed by atoms with Gasteiger partial charge in [-0.1, -0.05) is 20.8 Å². The van der Waals surface area contributed by atoms with E-state index in [4.69, 9.17) is 31.4 Å².